The van der Waals surface area contributed by atoms with Crippen molar-refractivity contribution in [2.75, 3.05) is 5.73 Å². The Morgan fingerprint density at radius 1 is 1.36 bits per heavy atom. The van der Waals surface area contributed by atoms with Gasteiger partial charge in [-0.05, 0) is 47.7 Å². The Morgan fingerprint density at radius 3 is 2.57 bits per heavy atom. The maximum absolute atomic E-state index is 13.1. The molecule has 0 saturated carbocycles. The molecule has 2 heterocycles. The average molecular weight is 521 g/mol. The van der Waals surface area contributed by atoms with Crippen molar-refractivity contribution in [3.8, 4) is 16.9 Å². The summed E-state index contributed by atoms with van der Waals surface area (Å²) in [7, 11) is 0. The van der Waals surface area contributed by atoms with Gasteiger partial charge in [-0.1, -0.05) is 6.07 Å². The molecule has 3 N–H and O–H groups in total. The molecular formula is C17H11F3IN3O3S. The number of nitrogens with zero attached hydrogens (tertiary/aromatic N) is 2. The number of nitrogens with two attached hydrogens (primary N) is 1. The van der Waals surface area contributed by atoms with Crippen molar-refractivity contribution in [2.24, 2.45) is 0 Å². The summed E-state index contributed by atoms with van der Waals surface area (Å²) < 4.78 is 40.4. The number of alkyl halides is 3. The molecule has 0 unspecified atom stereocenters. The quantitative estimate of drug-likeness (QED) is 0.505. The van der Waals surface area contributed by atoms with E-state index >= 15 is 0 Å². The summed E-state index contributed by atoms with van der Waals surface area (Å²) in [6.45, 7) is 1.51. The van der Waals surface area contributed by atoms with Gasteiger partial charge in [0, 0.05) is 25.9 Å². The molecule has 0 saturated heterocycles. The minimum Gasteiger partial charge on any atom is -0.477 e. The van der Waals surface area contributed by atoms with Gasteiger partial charge in [-0.3, -0.25) is 9.36 Å². The fraction of sp³-hybridized carbons (Fsp3) is 0.118. The summed E-state index contributed by atoms with van der Waals surface area (Å²) in [6, 6.07) is 4.13. The molecule has 0 aliphatic rings. The fourth-order valence-electron chi connectivity index (χ4n) is 2.77. The second-order valence-corrected chi connectivity index (χ2v) is 7.68. The number of halogens is 4. The van der Waals surface area contributed by atoms with Gasteiger partial charge in [0.25, 0.3) is 5.56 Å². The van der Waals surface area contributed by atoms with Gasteiger partial charge < -0.3 is 10.8 Å². The van der Waals surface area contributed by atoms with E-state index in [0.717, 1.165) is 34.1 Å². The van der Waals surface area contributed by atoms with Gasteiger partial charge in [0.2, 0.25) is 0 Å². The Labute approximate surface area is 173 Å². The third-order valence-electron chi connectivity index (χ3n) is 3.98. The third-order valence-corrected chi connectivity index (χ3v) is 5.73. The highest BCUT2D eigenvalue weighted by Crippen LogP contribution is 2.34. The van der Waals surface area contributed by atoms with E-state index in [4.69, 9.17) is 5.73 Å². The first-order valence-corrected chi connectivity index (χ1v) is 9.55. The normalized spacial score (nSPS) is 11.6. The number of thiazole rings is 1. The SMILES string of the molecule is Cc1c(-c2csc(N)n2)c(I)c(C(=O)O)c(=O)n1-c1cccc(C(F)(F)F)c1. The zero-order chi connectivity index (χ0) is 20.8. The van der Waals surface area contributed by atoms with Crippen molar-refractivity contribution in [3.63, 3.8) is 0 Å². The van der Waals surface area contributed by atoms with Crippen LogP contribution in [0.3, 0.4) is 0 Å². The van der Waals surface area contributed by atoms with Gasteiger partial charge >= 0.3 is 12.1 Å². The maximum atomic E-state index is 13.1. The number of carbonyl (C=O) groups is 1. The summed E-state index contributed by atoms with van der Waals surface area (Å²) in [6.07, 6.45) is -4.61. The predicted molar refractivity (Wildman–Crippen MR) is 107 cm³/mol. The molecule has 28 heavy (non-hydrogen) atoms. The first-order valence-electron chi connectivity index (χ1n) is 7.59. The molecule has 0 aliphatic heterocycles. The number of anilines is 1. The zero-order valence-electron chi connectivity index (χ0n) is 14.0. The predicted octanol–water partition coefficient (Wildman–Crippen LogP) is 4.17. The lowest BCUT2D eigenvalue weighted by molar-refractivity contribution is -0.137. The van der Waals surface area contributed by atoms with Crippen LogP contribution >= 0.6 is 33.9 Å². The van der Waals surface area contributed by atoms with Crippen LogP contribution in [-0.2, 0) is 6.18 Å². The van der Waals surface area contributed by atoms with Gasteiger partial charge in [0.05, 0.1) is 11.3 Å². The van der Waals surface area contributed by atoms with Crippen molar-refractivity contribution in [1.29, 1.82) is 0 Å². The number of nitrogen functional groups attached to an aromatic ring is 1. The molecular weight excluding hydrogens is 510 g/mol. The lowest BCUT2D eigenvalue weighted by atomic mass is 10.1. The van der Waals surface area contributed by atoms with Crippen LogP contribution < -0.4 is 11.3 Å². The average Bonchev–Trinajstić information content (AvgIpc) is 3.00. The molecule has 3 rings (SSSR count). The van der Waals surface area contributed by atoms with E-state index in [2.05, 4.69) is 4.98 Å². The van der Waals surface area contributed by atoms with Gasteiger partial charge in [-0.15, -0.1) is 11.3 Å². The highest BCUT2D eigenvalue weighted by atomic mass is 127. The monoisotopic (exact) mass is 521 g/mol. The van der Waals surface area contributed by atoms with Crippen LogP contribution in [0.15, 0.2) is 34.4 Å². The molecule has 1 aromatic carbocycles. The van der Waals surface area contributed by atoms with Gasteiger partial charge in [0.1, 0.15) is 5.56 Å². The zero-order valence-corrected chi connectivity index (χ0v) is 17.0. The molecule has 0 atom stereocenters. The van der Waals surface area contributed by atoms with Crippen LogP contribution in [0.2, 0.25) is 0 Å². The summed E-state index contributed by atoms with van der Waals surface area (Å²) >= 11 is 2.85. The molecule has 0 amide bonds. The number of carboxylic acids is 1. The van der Waals surface area contributed by atoms with E-state index < -0.39 is 28.8 Å². The van der Waals surface area contributed by atoms with Crippen molar-refractivity contribution in [3.05, 3.63) is 60.4 Å². The van der Waals surface area contributed by atoms with Gasteiger partial charge in [0.15, 0.2) is 5.13 Å². The second-order valence-electron chi connectivity index (χ2n) is 5.71. The Morgan fingerprint density at radius 2 is 2.04 bits per heavy atom. The lowest BCUT2D eigenvalue weighted by Crippen LogP contribution is -2.29. The van der Waals surface area contributed by atoms with Crippen LogP contribution in [0.1, 0.15) is 21.6 Å². The van der Waals surface area contributed by atoms with E-state index in [9.17, 15) is 27.9 Å². The van der Waals surface area contributed by atoms with Gasteiger partial charge in [-0.2, -0.15) is 13.2 Å². The Hall–Kier alpha value is -2.41. The van der Waals surface area contributed by atoms with E-state index in [1.54, 1.807) is 28.0 Å². The first-order chi connectivity index (χ1) is 13.0. The van der Waals surface area contributed by atoms with E-state index in [-0.39, 0.29) is 20.1 Å². The second kappa shape index (κ2) is 7.20. The standard InChI is InChI=1S/C17H11F3IN3O3S/c1-7-11(10-6-28-16(22)23-10)13(21)12(15(26)27)14(25)24(7)9-4-2-3-8(5-9)17(18,19)20/h2-6H,1H3,(H2,22,23)(H,26,27). The van der Waals surface area contributed by atoms with E-state index in [1.807, 2.05) is 0 Å². The number of benzene rings is 1. The molecule has 3 aromatic rings. The van der Waals surface area contributed by atoms with E-state index in [1.165, 1.54) is 13.0 Å². The Bertz CT molecular complexity index is 1150. The van der Waals surface area contributed by atoms with Crippen LogP contribution in [0.4, 0.5) is 18.3 Å². The highest BCUT2D eigenvalue weighted by Gasteiger charge is 2.31. The summed E-state index contributed by atoms with van der Waals surface area (Å²) in [5.74, 6) is -1.49. The molecule has 0 radical (unpaired) electrons. The fourth-order valence-corrected chi connectivity index (χ4v) is 4.45. The minimum absolute atomic E-state index is 0.0966. The number of aromatic carboxylic acids is 1. The number of carboxylic acid groups (broad SMARTS) is 1. The largest absolute Gasteiger partial charge is 0.477 e. The molecule has 0 aliphatic carbocycles. The maximum Gasteiger partial charge on any atom is 0.416 e. The van der Waals surface area contributed by atoms with Crippen molar-refractivity contribution in [2.45, 2.75) is 13.1 Å². The molecule has 11 heteroatoms. The molecule has 0 spiro atoms. The Balaban J connectivity index is 2.41. The van der Waals surface area contributed by atoms with Crippen LogP contribution in [0, 0.1) is 10.5 Å². The van der Waals surface area contributed by atoms with Crippen LogP contribution in [-0.4, -0.2) is 20.6 Å². The van der Waals surface area contributed by atoms with E-state index in [0.29, 0.717) is 11.3 Å². The Kier molecular flexibility index (Phi) is 5.23. The topological polar surface area (TPSA) is 98.2 Å². The summed E-state index contributed by atoms with van der Waals surface area (Å²) in [5.41, 5.74) is 4.04. The number of hydrogen-bond donors (Lipinski definition) is 2. The lowest BCUT2D eigenvalue weighted by Gasteiger charge is -2.18. The first kappa shape index (κ1) is 20.3. The number of rotatable bonds is 3. The number of pyridine rings is 1. The minimum atomic E-state index is -4.61. The summed E-state index contributed by atoms with van der Waals surface area (Å²) in [5, 5.41) is 11.4. The van der Waals surface area contributed by atoms with Crippen molar-refractivity contribution < 1.29 is 23.1 Å². The number of aromatic nitrogens is 2. The molecule has 146 valence electrons. The molecule has 6 nitrogen and oxygen atoms in total. The highest BCUT2D eigenvalue weighted by molar-refractivity contribution is 14.1. The molecule has 2 aromatic heterocycles. The molecule has 0 bridgehead atoms. The van der Waals surface area contributed by atoms with Crippen LogP contribution in [0.5, 0.6) is 0 Å². The smallest absolute Gasteiger partial charge is 0.416 e. The third kappa shape index (κ3) is 3.51. The van der Waals surface area contributed by atoms with Gasteiger partial charge in [-0.25, -0.2) is 9.78 Å². The number of hydrogen-bond acceptors (Lipinski definition) is 5. The van der Waals surface area contributed by atoms with Crippen molar-refractivity contribution in [1.82, 2.24) is 9.55 Å². The summed E-state index contributed by atoms with van der Waals surface area (Å²) in [4.78, 5) is 28.7. The van der Waals surface area contributed by atoms with Crippen molar-refractivity contribution >= 4 is 45.0 Å². The van der Waals surface area contributed by atoms with Crippen LogP contribution in [0.25, 0.3) is 16.9 Å². The molecule has 0 fully saturated rings.